The molecule has 1 saturated heterocycles. The normalized spacial score (nSPS) is 15.2. The van der Waals surface area contributed by atoms with E-state index in [4.69, 9.17) is 0 Å². The van der Waals surface area contributed by atoms with Gasteiger partial charge in [-0.05, 0) is 26.8 Å². The van der Waals surface area contributed by atoms with E-state index in [0.29, 0.717) is 43.6 Å². The van der Waals surface area contributed by atoms with Crippen molar-refractivity contribution in [3.63, 3.8) is 0 Å². The fourth-order valence-corrected chi connectivity index (χ4v) is 2.61. The van der Waals surface area contributed by atoms with Crippen molar-refractivity contribution in [1.29, 1.82) is 0 Å². The number of aromatic nitrogens is 4. The van der Waals surface area contributed by atoms with Crippen LogP contribution in [0.4, 0.5) is 11.8 Å². The molecule has 0 saturated carbocycles. The number of carbonyl (C=O) groups is 1. The zero-order valence-corrected chi connectivity index (χ0v) is 14.8. The smallest absolute Gasteiger partial charge is 0.274 e. The van der Waals surface area contributed by atoms with Gasteiger partial charge in [-0.3, -0.25) is 4.79 Å². The van der Waals surface area contributed by atoms with Crippen LogP contribution in [0.1, 0.15) is 31.3 Å². The van der Waals surface area contributed by atoms with Crippen molar-refractivity contribution < 1.29 is 4.79 Å². The molecule has 0 aromatic carbocycles. The highest BCUT2D eigenvalue weighted by Gasteiger charge is 2.24. The highest BCUT2D eigenvalue weighted by Crippen LogP contribution is 2.13. The summed E-state index contributed by atoms with van der Waals surface area (Å²) in [6, 6.07) is 1.79. The molecule has 1 aliphatic rings. The quantitative estimate of drug-likeness (QED) is 0.904. The van der Waals surface area contributed by atoms with Gasteiger partial charge in [0.05, 0.1) is 12.4 Å². The lowest BCUT2D eigenvalue weighted by Crippen LogP contribution is -2.49. The van der Waals surface area contributed by atoms with Crippen LogP contribution in [0.5, 0.6) is 0 Å². The molecule has 1 amide bonds. The summed E-state index contributed by atoms with van der Waals surface area (Å²) < 4.78 is 0. The van der Waals surface area contributed by atoms with E-state index < -0.39 is 0 Å². The van der Waals surface area contributed by atoms with E-state index in [9.17, 15) is 4.79 Å². The summed E-state index contributed by atoms with van der Waals surface area (Å²) in [6.45, 7) is 8.76. The molecule has 8 heteroatoms. The molecule has 1 aliphatic heterocycles. The van der Waals surface area contributed by atoms with Crippen LogP contribution in [0.3, 0.4) is 0 Å². The van der Waals surface area contributed by atoms with Crippen molar-refractivity contribution in [1.82, 2.24) is 24.8 Å². The average Bonchev–Trinajstić information content (AvgIpc) is 2.61. The van der Waals surface area contributed by atoms with Gasteiger partial charge in [0.15, 0.2) is 0 Å². The Hall–Kier alpha value is -2.77. The maximum absolute atomic E-state index is 12.6. The van der Waals surface area contributed by atoms with Crippen molar-refractivity contribution in [2.24, 2.45) is 0 Å². The van der Waals surface area contributed by atoms with Crippen molar-refractivity contribution in [2.45, 2.75) is 26.3 Å². The zero-order valence-electron chi connectivity index (χ0n) is 14.8. The number of carbonyl (C=O) groups excluding carboxylic acids is 1. The number of piperazine rings is 1. The molecule has 8 nitrogen and oxygen atoms in total. The third-order valence-electron chi connectivity index (χ3n) is 3.78. The van der Waals surface area contributed by atoms with Gasteiger partial charge in [0.1, 0.15) is 11.5 Å². The molecule has 2 aromatic rings. The molecule has 0 atom stereocenters. The standard InChI is InChI=1S/C17H23N7O/c1-17(2,3)22-14-12-20-13(11-21-14)15(25)23-7-9-24(10-8-23)16-18-5-4-6-19-16/h4-6,11-12H,7-10H2,1-3H3,(H,21,22). The number of rotatable bonds is 3. The third-order valence-corrected chi connectivity index (χ3v) is 3.78. The first-order valence-corrected chi connectivity index (χ1v) is 8.34. The Labute approximate surface area is 147 Å². The Bertz CT molecular complexity index is 704. The molecule has 3 heterocycles. The van der Waals surface area contributed by atoms with Gasteiger partial charge in [-0.15, -0.1) is 0 Å². The van der Waals surface area contributed by atoms with E-state index in [2.05, 4.69) is 30.2 Å². The van der Waals surface area contributed by atoms with Crippen LogP contribution in [0, 0.1) is 0 Å². The molecule has 3 rings (SSSR count). The van der Waals surface area contributed by atoms with Gasteiger partial charge in [-0.1, -0.05) is 0 Å². The number of hydrogen-bond acceptors (Lipinski definition) is 7. The van der Waals surface area contributed by atoms with E-state index >= 15 is 0 Å². The molecule has 1 fully saturated rings. The van der Waals surface area contributed by atoms with Gasteiger partial charge in [0.25, 0.3) is 5.91 Å². The minimum absolute atomic E-state index is 0.0940. The minimum Gasteiger partial charge on any atom is -0.364 e. The zero-order chi connectivity index (χ0) is 17.9. The Morgan fingerprint density at radius 1 is 1.00 bits per heavy atom. The topological polar surface area (TPSA) is 87.1 Å². The van der Waals surface area contributed by atoms with Crippen molar-refractivity contribution in [3.8, 4) is 0 Å². The van der Waals surface area contributed by atoms with E-state index in [1.807, 2.05) is 20.8 Å². The Balaban J connectivity index is 1.59. The van der Waals surface area contributed by atoms with E-state index in [1.54, 1.807) is 29.6 Å². The first-order valence-electron chi connectivity index (χ1n) is 8.34. The van der Waals surface area contributed by atoms with E-state index in [0.717, 1.165) is 0 Å². The minimum atomic E-state index is -0.101. The maximum Gasteiger partial charge on any atom is 0.274 e. The lowest BCUT2D eigenvalue weighted by molar-refractivity contribution is 0.0740. The first kappa shape index (κ1) is 17.1. The summed E-state index contributed by atoms with van der Waals surface area (Å²) in [6.07, 6.45) is 6.58. The van der Waals surface area contributed by atoms with Gasteiger partial charge >= 0.3 is 0 Å². The molecular weight excluding hydrogens is 318 g/mol. The Morgan fingerprint density at radius 2 is 1.68 bits per heavy atom. The van der Waals surface area contributed by atoms with Crippen LogP contribution in [0.2, 0.25) is 0 Å². The number of amides is 1. The van der Waals surface area contributed by atoms with Crippen molar-refractivity contribution in [2.75, 3.05) is 36.4 Å². The lowest BCUT2D eigenvalue weighted by Gasteiger charge is -2.34. The van der Waals surface area contributed by atoms with Gasteiger partial charge in [-0.2, -0.15) is 0 Å². The molecule has 132 valence electrons. The van der Waals surface area contributed by atoms with Gasteiger partial charge in [0, 0.05) is 44.1 Å². The first-order chi connectivity index (χ1) is 11.9. The predicted octanol–water partition coefficient (Wildman–Crippen LogP) is 1.44. The lowest BCUT2D eigenvalue weighted by atomic mass is 10.1. The summed E-state index contributed by atoms with van der Waals surface area (Å²) in [5.41, 5.74) is 0.264. The van der Waals surface area contributed by atoms with Gasteiger partial charge < -0.3 is 15.1 Å². The molecule has 1 N–H and O–H groups in total. The largest absolute Gasteiger partial charge is 0.364 e. The molecule has 0 aliphatic carbocycles. The molecule has 0 bridgehead atoms. The number of nitrogens with one attached hydrogen (secondary N) is 1. The summed E-state index contributed by atoms with van der Waals surface area (Å²) in [7, 11) is 0. The molecule has 0 unspecified atom stereocenters. The predicted molar refractivity (Wildman–Crippen MR) is 95.6 cm³/mol. The molecule has 25 heavy (non-hydrogen) atoms. The van der Waals surface area contributed by atoms with Crippen molar-refractivity contribution >= 4 is 17.7 Å². The molecule has 2 aromatic heterocycles. The molecular formula is C17H23N7O. The summed E-state index contributed by atoms with van der Waals surface area (Å²) in [5.74, 6) is 1.27. The average molecular weight is 341 g/mol. The van der Waals surface area contributed by atoms with Crippen LogP contribution in [-0.2, 0) is 0 Å². The number of nitrogens with zero attached hydrogens (tertiary/aromatic N) is 6. The highest BCUT2D eigenvalue weighted by atomic mass is 16.2. The SMILES string of the molecule is CC(C)(C)Nc1cnc(C(=O)N2CCN(c3ncccn3)CC2)cn1. The molecule has 0 spiro atoms. The summed E-state index contributed by atoms with van der Waals surface area (Å²) in [4.78, 5) is 33.5. The van der Waals surface area contributed by atoms with Gasteiger partial charge in [0.2, 0.25) is 5.95 Å². The Kier molecular flexibility index (Phi) is 4.78. The fourth-order valence-electron chi connectivity index (χ4n) is 2.61. The van der Waals surface area contributed by atoms with Gasteiger partial charge in [-0.25, -0.2) is 19.9 Å². The number of hydrogen-bond donors (Lipinski definition) is 1. The Morgan fingerprint density at radius 3 is 2.24 bits per heavy atom. The second kappa shape index (κ2) is 7.00. The maximum atomic E-state index is 12.6. The van der Waals surface area contributed by atoms with Crippen molar-refractivity contribution in [3.05, 3.63) is 36.5 Å². The highest BCUT2D eigenvalue weighted by molar-refractivity contribution is 5.92. The third kappa shape index (κ3) is 4.40. The van der Waals surface area contributed by atoms with Crippen LogP contribution in [-0.4, -0.2) is 62.5 Å². The van der Waals surface area contributed by atoms with E-state index in [1.165, 1.54) is 6.20 Å². The summed E-state index contributed by atoms with van der Waals surface area (Å²) in [5, 5.41) is 3.23. The fraction of sp³-hybridized carbons (Fsp3) is 0.471. The van der Waals surface area contributed by atoms with Crippen LogP contribution >= 0.6 is 0 Å². The van der Waals surface area contributed by atoms with E-state index in [-0.39, 0.29) is 11.4 Å². The van der Waals surface area contributed by atoms with Crippen LogP contribution in [0.25, 0.3) is 0 Å². The number of anilines is 2. The molecule has 0 radical (unpaired) electrons. The van der Waals surface area contributed by atoms with Crippen LogP contribution < -0.4 is 10.2 Å². The monoisotopic (exact) mass is 341 g/mol. The second-order valence-corrected chi connectivity index (χ2v) is 6.99. The summed E-state index contributed by atoms with van der Waals surface area (Å²) >= 11 is 0. The second-order valence-electron chi connectivity index (χ2n) is 6.99. The van der Waals surface area contributed by atoms with Crippen LogP contribution in [0.15, 0.2) is 30.9 Å².